The van der Waals surface area contributed by atoms with E-state index in [-0.39, 0.29) is 5.91 Å². The number of amides is 1. The van der Waals surface area contributed by atoms with E-state index in [0.29, 0.717) is 5.92 Å². The van der Waals surface area contributed by atoms with Crippen molar-refractivity contribution in [2.24, 2.45) is 5.92 Å². The van der Waals surface area contributed by atoms with Crippen LogP contribution in [0.15, 0.2) is 40.1 Å². The summed E-state index contributed by atoms with van der Waals surface area (Å²) in [7, 11) is 0. The molecule has 2 aromatic rings. The molecule has 1 amide bonds. The zero-order chi connectivity index (χ0) is 13.8. The summed E-state index contributed by atoms with van der Waals surface area (Å²) in [5.74, 6) is 1.62. The fourth-order valence-corrected chi connectivity index (χ4v) is 3.29. The topological polar surface area (TPSA) is 42.0 Å². The molecular weight excluding hydrogens is 288 g/mol. The molecule has 0 bridgehead atoms. The van der Waals surface area contributed by atoms with Crippen molar-refractivity contribution in [3.05, 3.63) is 46.4 Å². The van der Waals surface area contributed by atoms with E-state index in [0.717, 1.165) is 28.5 Å². The van der Waals surface area contributed by atoms with Crippen molar-refractivity contribution >= 4 is 29.0 Å². The Morgan fingerprint density at radius 2 is 2.15 bits per heavy atom. The van der Waals surface area contributed by atoms with Gasteiger partial charge < -0.3 is 5.32 Å². The highest BCUT2D eigenvalue weighted by molar-refractivity contribution is 7.98. The van der Waals surface area contributed by atoms with Gasteiger partial charge >= 0.3 is 0 Å². The summed E-state index contributed by atoms with van der Waals surface area (Å²) in [6.45, 7) is 0.819. The van der Waals surface area contributed by atoms with Crippen LogP contribution in [0, 0.1) is 5.92 Å². The van der Waals surface area contributed by atoms with E-state index in [2.05, 4.69) is 15.7 Å². The van der Waals surface area contributed by atoms with Gasteiger partial charge in [-0.3, -0.25) is 4.79 Å². The molecular formula is C15H16N2OS2. The van der Waals surface area contributed by atoms with Crippen LogP contribution in [0.5, 0.6) is 0 Å². The number of rotatable bonds is 6. The fourth-order valence-electron chi connectivity index (χ4n) is 1.83. The van der Waals surface area contributed by atoms with Crippen molar-refractivity contribution in [2.45, 2.75) is 23.5 Å². The molecule has 1 heterocycles. The highest BCUT2D eigenvalue weighted by atomic mass is 32.2. The number of benzene rings is 1. The van der Waals surface area contributed by atoms with E-state index in [1.165, 1.54) is 12.8 Å². The lowest BCUT2D eigenvalue weighted by molar-refractivity contribution is 0.0951. The molecule has 0 unspecified atom stereocenters. The first-order valence-corrected chi connectivity index (χ1v) is 8.62. The quantitative estimate of drug-likeness (QED) is 0.830. The Morgan fingerprint density at radius 3 is 2.80 bits per heavy atom. The third-order valence-electron chi connectivity index (χ3n) is 3.23. The van der Waals surface area contributed by atoms with E-state index in [4.69, 9.17) is 0 Å². The molecule has 20 heavy (non-hydrogen) atoms. The Labute approximate surface area is 126 Å². The standard InChI is InChI=1S/C15H16N2OS2/c18-15(16-7-11-1-2-11)12-3-5-14(6-4-12)20-9-13-8-19-10-17-13/h3-6,8,10-11H,1-2,7,9H2,(H,16,18). The number of thiazole rings is 1. The Kier molecular flexibility index (Phi) is 4.38. The second-order valence-corrected chi connectivity index (χ2v) is 6.71. The van der Waals surface area contributed by atoms with E-state index in [1.54, 1.807) is 23.1 Å². The lowest BCUT2D eigenvalue weighted by Gasteiger charge is -2.05. The molecule has 1 fully saturated rings. The van der Waals surface area contributed by atoms with Gasteiger partial charge in [0.2, 0.25) is 0 Å². The van der Waals surface area contributed by atoms with Crippen molar-refractivity contribution in [3.8, 4) is 0 Å². The van der Waals surface area contributed by atoms with Crippen LogP contribution in [0.4, 0.5) is 0 Å². The molecule has 1 aliphatic rings. The smallest absolute Gasteiger partial charge is 0.251 e. The Hall–Kier alpha value is -1.33. The van der Waals surface area contributed by atoms with Gasteiger partial charge in [0.15, 0.2) is 0 Å². The van der Waals surface area contributed by atoms with Crippen LogP contribution in [0.3, 0.4) is 0 Å². The minimum Gasteiger partial charge on any atom is -0.352 e. The first kappa shape index (κ1) is 13.6. The van der Waals surface area contributed by atoms with Gasteiger partial charge in [-0.25, -0.2) is 4.98 Å². The number of aromatic nitrogens is 1. The van der Waals surface area contributed by atoms with Crippen LogP contribution >= 0.6 is 23.1 Å². The van der Waals surface area contributed by atoms with Crippen LogP contribution in [-0.4, -0.2) is 17.4 Å². The maximum atomic E-state index is 11.9. The highest BCUT2D eigenvalue weighted by Gasteiger charge is 2.21. The molecule has 0 aliphatic heterocycles. The SMILES string of the molecule is O=C(NCC1CC1)c1ccc(SCc2cscn2)cc1. The first-order valence-electron chi connectivity index (χ1n) is 6.69. The maximum Gasteiger partial charge on any atom is 0.251 e. The lowest BCUT2D eigenvalue weighted by Crippen LogP contribution is -2.25. The summed E-state index contributed by atoms with van der Waals surface area (Å²) < 4.78 is 0. The summed E-state index contributed by atoms with van der Waals surface area (Å²) >= 11 is 3.36. The number of nitrogens with zero attached hydrogens (tertiary/aromatic N) is 1. The van der Waals surface area contributed by atoms with Gasteiger partial charge in [-0.15, -0.1) is 23.1 Å². The fraction of sp³-hybridized carbons (Fsp3) is 0.333. The molecule has 1 N–H and O–H groups in total. The van der Waals surface area contributed by atoms with Crippen LogP contribution in [0.1, 0.15) is 28.9 Å². The lowest BCUT2D eigenvalue weighted by atomic mass is 10.2. The number of carbonyl (C=O) groups is 1. The number of thioether (sulfide) groups is 1. The van der Waals surface area contributed by atoms with Crippen LogP contribution in [0.2, 0.25) is 0 Å². The molecule has 0 spiro atoms. The highest BCUT2D eigenvalue weighted by Crippen LogP contribution is 2.27. The molecule has 1 saturated carbocycles. The summed E-state index contributed by atoms with van der Waals surface area (Å²) in [6, 6.07) is 7.80. The molecule has 5 heteroatoms. The third-order valence-corrected chi connectivity index (χ3v) is 4.92. The second kappa shape index (κ2) is 6.41. The summed E-state index contributed by atoms with van der Waals surface area (Å²) in [4.78, 5) is 17.3. The predicted molar refractivity (Wildman–Crippen MR) is 83.2 cm³/mol. The molecule has 3 nitrogen and oxygen atoms in total. The van der Waals surface area contributed by atoms with Crippen LogP contribution in [-0.2, 0) is 5.75 Å². The summed E-state index contributed by atoms with van der Waals surface area (Å²) in [6.07, 6.45) is 2.51. The predicted octanol–water partition coefficient (Wildman–Crippen LogP) is 3.58. The maximum absolute atomic E-state index is 11.9. The second-order valence-electron chi connectivity index (χ2n) is 4.95. The van der Waals surface area contributed by atoms with Crippen LogP contribution in [0.25, 0.3) is 0 Å². The molecule has 1 aromatic heterocycles. The van der Waals surface area contributed by atoms with Crippen molar-refractivity contribution in [1.82, 2.24) is 10.3 Å². The van der Waals surface area contributed by atoms with Gasteiger partial charge in [0, 0.05) is 28.1 Å². The Morgan fingerprint density at radius 1 is 1.35 bits per heavy atom. The van der Waals surface area contributed by atoms with E-state index >= 15 is 0 Å². The van der Waals surface area contributed by atoms with Gasteiger partial charge in [0.05, 0.1) is 11.2 Å². The number of carbonyl (C=O) groups excluding carboxylic acids is 1. The summed E-state index contributed by atoms with van der Waals surface area (Å²) in [5.41, 5.74) is 3.69. The molecule has 3 rings (SSSR count). The van der Waals surface area contributed by atoms with Gasteiger partial charge in [-0.2, -0.15) is 0 Å². The summed E-state index contributed by atoms with van der Waals surface area (Å²) in [5, 5.41) is 5.04. The van der Waals surface area contributed by atoms with Crippen molar-refractivity contribution < 1.29 is 4.79 Å². The number of hydrogen-bond acceptors (Lipinski definition) is 4. The van der Waals surface area contributed by atoms with E-state index in [1.807, 2.05) is 29.8 Å². The Balaban J connectivity index is 1.52. The molecule has 0 saturated heterocycles. The van der Waals surface area contributed by atoms with Crippen molar-refractivity contribution in [2.75, 3.05) is 6.54 Å². The monoisotopic (exact) mass is 304 g/mol. The van der Waals surface area contributed by atoms with Gasteiger partial charge in [-0.05, 0) is 43.0 Å². The average molecular weight is 304 g/mol. The molecule has 0 atom stereocenters. The van der Waals surface area contributed by atoms with Gasteiger partial charge in [0.1, 0.15) is 0 Å². The first-order chi connectivity index (χ1) is 9.81. The average Bonchev–Trinajstić information content (AvgIpc) is 3.17. The van der Waals surface area contributed by atoms with Crippen LogP contribution < -0.4 is 5.32 Å². The minimum atomic E-state index is 0.0351. The number of nitrogens with one attached hydrogen (secondary N) is 1. The zero-order valence-electron chi connectivity index (χ0n) is 11.0. The molecule has 0 radical (unpaired) electrons. The number of hydrogen-bond donors (Lipinski definition) is 1. The molecule has 1 aromatic carbocycles. The van der Waals surface area contributed by atoms with Crippen molar-refractivity contribution in [3.63, 3.8) is 0 Å². The van der Waals surface area contributed by atoms with Gasteiger partial charge in [-0.1, -0.05) is 0 Å². The van der Waals surface area contributed by atoms with E-state index in [9.17, 15) is 4.79 Å². The molecule has 1 aliphatic carbocycles. The molecule has 104 valence electrons. The minimum absolute atomic E-state index is 0.0351. The third kappa shape index (κ3) is 3.84. The zero-order valence-corrected chi connectivity index (χ0v) is 12.7. The van der Waals surface area contributed by atoms with E-state index < -0.39 is 0 Å². The van der Waals surface area contributed by atoms with Crippen molar-refractivity contribution in [1.29, 1.82) is 0 Å². The largest absolute Gasteiger partial charge is 0.352 e. The Bertz CT molecular complexity index is 562. The normalized spacial score (nSPS) is 14.2. The van der Waals surface area contributed by atoms with Gasteiger partial charge in [0.25, 0.3) is 5.91 Å².